The van der Waals surface area contributed by atoms with Gasteiger partial charge < -0.3 is 14.8 Å². The number of ether oxygens (including phenoxy) is 2. The number of carbonyl (C=O) groups is 1. The van der Waals surface area contributed by atoms with Crippen molar-refractivity contribution in [2.45, 2.75) is 11.8 Å². The molecule has 0 saturated heterocycles. The fraction of sp³-hybridized carbons (Fsp3) is 0.0741. The number of hydrogen-bond donors (Lipinski definition) is 2. The van der Waals surface area contributed by atoms with Gasteiger partial charge in [-0.2, -0.15) is 0 Å². The average molecular weight is 489 g/mol. The maximum absolute atomic E-state index is 12.7. The third-order valence-electron chi connectivity index (χ3n) is 5.03. The molecule has 0 aliphatic carbocycles. The highest BCUT2D eigenvalue weighted by molar-refractivity contribution is 7.92. The Balaban J connectivity index is 1.35. The highest BCUT2D eigenvalue weighted by Gasteiger charge is 2.15. The van der Waals surface area contributed by atoms with E-state index in [0.29, 0.717) is 28.6 Å². The van der Waals surface area contributed by atoms with Crippen molar-refractivity contribution in [3.05, 3.63) is 109 Å². The number of rotatable bonds is 9. The molecule has 1 amide bonds. The van der Waals surface area contributed by atoms with Gasteiger partial charge in [-0.05, 0) is 67.1 Å². The van der Waals surface area contributed by atoms with Crippen LogP contribution >= 0.6 is 0 Å². The predicted molar refractivity (Wildman–Crippen MR) is 136 cm³/mol. The minimum atomic E-state index is -3.75. The molecule has 35 heavy (non-hydrogen) atoms. The van der Waals surface area contributed by atoms with Gasteiger partial charge in [0.05, 0.1) is 16.3 Å². The predicted octanol–water partition coefficient (Wildman–Crippen LogP) is 5.61. The number of anilines is 2. The summed E-state index contributed by atoms with van der Waals surface area (Å²) in [7, 11) is -3.75. The first-order valence-corrected chi connectivity index (χ1v) is 12.3. The molecule has 0 saturated carbocycles. The molecule has 0 fully saturated rings. The molecule has 4 aromatic rings. The van der Waals surface area contributed by atoms with Gasteiger partial charge in [-0.15, -0.1) is 0 Å². The normalized spacial score (nSPS) is 10.9. The lowest BCUT2D eigenvalue weighted by atomic mass is 10.2. The first-order valence-electron chi connectivity index (χ1n) is 10.8. The Bertz CT molecular complexity index is 1410. The Morgan fingerprint density at radius 1 is 0.743 bits per heavy atom. The van der Waals surface area contributed by atoms with Crippen LogP contribution in [0.25, 0.3) is 0 Å². The third kappa shape index (κ3) is 6.39. The number of aryl methyl sites for hydroxylation is 1. The van der Waals surface area contributed by atoms with E-state index in [9.17, 15) is 13.2 Å². The first kappa shape index (κ1) is 23.8. The molecule has 4 rings (SSSR count). The minimum absolute atomic E-state index is 0.0875. The molecule has 0 unspecified atom stereocenters. The molecule has 4 aromatic carbocycles. The van der Waals surface area contributed by atoms with Crippen molar-refractivity contribution in [2.24, 2.45) is 0 Å². The molecule has 0 aromatic heterocycles. The monoisotopic (exact) mass is 488 g/mol. The zero-order valence-corrected chi connectivity index (χ0v) is 19.8. The van der Waals surface area contributed by atoms with E-state index in [4.69, 9.17) is 9.47 Å². The number of carbonyl (C=O) groups excluding carboxylic acids is 1. The van der Waals surface area contributed by atoms with Crippen LogP contribution in [0.1, 0.15) is 5.56 Å². The van der Waals surface area contributed by atoms with Crippen LogP contribution in [0.5, 0.6) is 17.2 Å². The van der Waals surface area contributed by atoms with Crippen molar-refractivity contribution in [1.82, 2.24) is 0 Å². The second-order valence-electron chi connectivity index (χ2n) is 7.64. The summed E-state index contributed by atoms with van der Waals surface area (Å²) in [5.74, 6) is 1.14. The van der Waals surface area contributed by atoms with Gasteiger partial charge in [-0.1, -0.05) is 48.5 Å². The van der Waals surface area contributed by atoms with E-state index in [2.05, 4.69) is 10.0 Å². The van der Waals surface area contributed by atoms with Gasteiger partial charge in [0.25, 0.3) is 15.9 Å². The first-order chi connectivity index (χ1) is 16.9. The zero-order chi connectivity index (χ0) is 24.7. The summed E-state index contributed by atoms with van der Waals surface area (Å²) < 4.78 is 39.3. The Morgan fingerprint density at radius 3 is 2.09 bits per heavy atom. The van der Waals surface area contributed by atoms with Crippen molar-refractivity contribution in [2.75, 3.05) is 16.6 Å². The molecule has 8 heteroatoms. The standard InChI is InChI=1S/C27H24N2O5S/c1-20-9-5-6-12-24(20)29-35(31,32)23-17-15-21(16-18-23)33-19-27(30)28-25-13-7-8-14-26(25)34-22-10-3-2-4-11-22/h2-18,29H,19H2,1H3,(H,28,30). The summed E-state index contributed by atoms with van der Waals surface area (Å²) in [4.78, 5) is 12.5. The van der Waals surface area contributed by atoms with Crippen LogP contribution in [0.15, 0.2) is 108 Å². The second-order valence-corrected chi connectivity index (χ2v) is 9.32. The van der Waals surface area contributed by atoms with E-state index >= 15 is 0 Å². The lowest BCUT2D eigenvalue weighted by Crippen LogP contribution is -2.20. The molecule has 0 spiro atoms. The molecular weight excluding hydrogens is 464 g/mol. The Hall–Kier alpha value is -4.30. The van der Waals surface area contributed by atoms with E-state index in [0.717, 1.165) is 5.56 Å². The molecule has 178 valence electrons. The van der Waals surface area contributed by atoms with Gasteiger partial charge in [-0.3, -0.25) is 9.52 Å². The number of para-hydroxylation sites is 4. The van der Waals surface area contributed by atoms with E-state index in [1.54, 1.807) is 30.3 Å². The summed E-state index contributed by atoms with van der Waals surface area (Å²) >= 11 is 0. The Labute approximate surface area is 204 Å². The van der Waals surface area contributed by atoms with Crippen LogP contribution in [0, 0.1) is 6.92 Å². The van der Waals surface area contributed by atoms with Crippen LogP contribution in [0.2, 0.25) is 0 Å². The van der Waals surface area contributed by atoms with Crippen LogP contribution in [-0.2, 0) is 14.8 Å². The summed E-state index contributed by atoms with van der Waals surface area (Å²) in [6.45, 7) is 1.57. The molecule has 0 atom stereocenters. The highest BCUT2D eigenvalue weighted by atomic mass is 32.2. The molecule has 0 aliphatic heterocycles. The van der Waals surface area contributed by atoms with Crippen molar-refractivity contribution in [3.63, 3.8) is 0 Å². The van der Waals surface area contributed by atoms with Crippen molar-refractivity contribution < 1.29 is 22.7 Å². The van der Waals surface area contributed by atoms with Crippen molar-refractivity contribution >= 4 is 27.3 Å². The maximum Gasteiger partial charge on any atom is 0.262 e. The SMILES string of the molecule is Cc1ccccc1NS(=O)(=O)c1ccc(OCC(=O)Nc2ccccc2Oc2ccccc2)cc1. The van der Waals surface area contributed by atoms with E-state index in [1.807, 2.05) is 55.5 Å². The van der Waals surface area contributed by atoms with Gasteiger partial charge in [0.2, 0.25) is 0 Å². The van der Waals surface area contributed by atoms with Crippen LogP contribution in [0.4, 0.5) is 11.4 Å². The summed E-state index contributed by atoms with van der Waals surface area (Å²) in [5, 5.41) is 2.77. The smallest absolute Gasteiger partial charge is 0.262 e. The molecule has 0 bridgehead atoms. The Kier molecular flexibility index (Phi) is 7.32. The minimum Gasteiger partial charge on any atom is -0.484 e. The van der Waals surface area contributed by atoms with Gasteiger partial charge in [0.15, 0.2) is 12.4 Å². The number of sulfonamides is 1. The third-order valence-corrected chi connectivity index (χ3v) is 6.41. The van der Waals surface area contributed by atoms with Gasteiger partial charge >= 0.3 is 0 Å². The van der Waals surface area contributed by atoms with Crippen LogP contribution in [0.3, 0.4) is 0 Å². The average Bonchev–Trinajstić information content (AvgIpc) is 2.86. The number of benzene rings is 4. The van der Waals surface area contributed by atoms with Crippen molar-refractivity contribution in [3.8, 4) is 17.2 Å². The van der Waals surface area contributed by atoms with Crippen molar-refractivity contribution in [1.29, 1.82) is 0 Å². The Morgan fingerprint density at radius 2 is 1.37 bits per heavy atom. The zero-order valence-electron chi connectivity index (χ0n) is 19.0. The quantitative estimate of drug-likeness (QED) is 0.320. The highest BCUT2D eigenvalue weighted by Crippen LogP contribution is 2.29. The number of amides is 1. The lowest BCUT2D eigenvalue weighted by Gasteiger charge is -2.13. The summed E-state index contributed by atoms with van der Waals surface area (Å²) in [6, 6.07) is 29.3. The molecule has 0 aliphatic rings. The van der Waals surface area contributed by atoms with Gasteiger partial charge in [-0.25, -0.2) is 8.42 Å². The summed E-state index contributed by atoms with van der Waals surface area (Å²) in [5.41, 5.74) is 1.84. The van der Waals surface area contributed by atoms with Crippen LogP contribution < -0.4 is 19.5 Å². The molecular formula is C27H24N2O5S. The molecule has 2 N–H and O–H groups in total. The lowest BCUT2D eigenvalue weighted by molar-refractivity contribution is -0.118. The van der Waals surface area contributed by atoms with E-state index in [-0.39, 0.29) is 17.4 Å². The molecule has 0 radical (unpaired) electrons. The fourth-order valence-corrected chi connectivity index (χ4v) is 4.35. The maximum atomic E-state index is 12.7. The largest absolute Gasteiger partial charge is 0.484 e. The second kappa shape index (κ2) is 10.8. The fourth-order valence-electron chi connectivity index (χ4n) is 3.22. The van der Waals surface area contributed by atoms with Gasteiger partial charge in [0.1, 0.15) is 11.5 Å². The number of nitrogens with one attached hydrogen (secondary N) is 2. The topological polar surface area (TPSA) is 93.7 Å². The molecule has 0 heterocycles. The van der Waals surface area contributed by atoms with Gasteiger partial charge in [0, 0.05) is 0 Å². The van der Waals surface area contributed by atoms with E-state index < -0.39 is 10.0 Å². The van der Waals surface area contributed by atoms with E-state index in [1.165, 1.54) is 24.3 Å². The number of hydrogen-bond acceptors (Lipinski definition) is 5. The van der Waals surface area contributed by atoms with Crippen LogP contribution in [-0.4, -0.2) is 20.9 Å². The summed E-state index contributed by atoms with van der Waals surface area (Å²) in [6.07, 6.45) is 0. The molecule has 7 nitrogen and oxygen atoms in total.